The second-order valence-electron chi connectivity index (χ2n) is 9.61. The van der Waals surface area contributed by atoms with Gasteiger partial charge in [0.1, 0.15) is 17.0 Å². The van der Waals surface area contributed by atoms with Gasteiger partial charge >= 0.3 is 13.2 Å². The van der Waals surface area contributed by atoms with Crippen LogP contribution in [0.5, 0.6) is 0 Å². The molecule has 1 aromatic heterocycles. The summed E-state index contributed by atoms with van der Waals surface area (Å²) >= 11 is 0. The predicted octanol–water partition coefficient (Wildman–Crippen LogP) is 3.40. The summed E-state index contributed by atoms with van der Waals surface area (Å²) in [6.45, 7) is 14.0. The van der Waals surface area contributed by atoms with Gasteiger partial charge in [0.2, 0.25) is 0 Å². The summed E-state index contributed by atoms with van der Waals surface area (Å²) < 4.78 is 33.1. The Bertz CT molecular complexity index is 786. The van der Waals surface area contributed by atoms with Gasteiger partial charge in [0.05, 0.1) is 23.4 Å². The number of aromatic nitrogens is 3. The Labute approximate surface area is 171 Å². The van der Waals surface area contributed by atoms with Crippen LogP contribution in [0.25, 0.3) is 6.08 Å². The molecule has 1 aromatic rings. The highest BCUT2D eigenvalue weighted by Gasteiger charge is 2.53. The first-order chi connectivity index (χ1) is 13.3. The number of hydrogen-bond acceptors (Lipinski definition) is 6. The minimum Gasteiger partial charge on any atom is -0.444 e. The molecular formula is C19H30BFN4O4. The zero-order chi connectivity index (χ0) is 21.6. The Morgan fingerprint density at radius 2 is 1.93 bits per heavy atom. The summed E-state index contributed by atoms with van der Waals surface area (Å²) in [5.41, 5.74) is -1.96. The van der Waals surface area contributed by atoms with E-state index in [0.29, 0.717) is 18.8 Å². The molecule has 1 atom stereocenters. The van der Waals surface area contributed by atoms with E-state index in [1.54, 1.807) is 15.8 Å². The topological polar surface area (TPSA) is 78.7 Å². The van der Waals surface area contributed by atoms with Crippen LogP contribution in [-0.2, 0) is 14.0 Å². The second kappa shape index (κ2) is 7.39. The molecule has 0 spiro atoms. The van der Waals surface area contributed by atoms with E-state index < -0.39 is 29.6 Å². The third kappa shape index (κ3) is 4.80. The lowest BCUT2D eigenvalue weighted by Gasteiger charge is -2.32. The average Bonchev–Trinajstić information content (AvgIpc) is 3.24. The molecule has 0 radical (unpaired) electrons. The molecule has 2 aliphatic heterocycles. The van der Waals surface area contributed by atoms with Crippen LogP contribution in [-0.4, -0.2) is 63.0 Å². The van der Waals surface area contributed by atoms with E-state index >= 15 is 0 Å². The molecule has 29 heavy (non-hydrogen) atoms. The minimum atomic E-state index is -1.07. The number of carbonyl (C=O) groups excluding carboxylic acids is 1. The SMILES string of the molecule is CC(C)(C)OC(=O)N1CCC(n2cc(C=C(F)B3OC(C)(C)C(C)(C)O3)nn2)C1. The molecule has 0 bridgehead atoms. The summed E-state index contributed by atoms with van der Waals surface area (Å²) in [5.74, 6) is 0. The van der Waals surface area contributed by atoms with Crippen LogP contribution in [0.1, 0.15) is 66.6 Å². The molecule has 3 heterocycles. The average molecular weight is 408 g/mol. The van der Waals surface area contributed by atoms with E-state index in [4.69, 9.17) is 14.0 Å². The first kappa shape index (κ1) is 21.8. The zero-order valence-corrected chi connectivity index (χ0v) is 18.2. The quantitative estimate of drug-likeness (QED) is 0.714. The Morgan fingerprint density at radius 3 is 2.52 bits per heavy atom. The molecular weight excluding hydrogens is 378 g/mol. The number of likely N-dealkylation sites (tertiary alicyclic amines) is 1. The number of carbonyl (C=O) groups is 1. The van der Waals surface area contributed by atoms with Crippen LogP contribution in [0.15, 0.2) is 11.9 Å². The van der Waals surface area contributed by atoms with Gasteiger partial charge in [0, 0.05) is 13.1 Å². The summed E-state index contributed by atoms with van der Waals surface area (Å²) in [4.78, 5) is 13.9. The standard InChI is InChI=1S/C19H30BFN4O4/c1-17(2,3)27-16(26)24-9-8-14(12-24)25-11-13(22-23-25)10-15(21)20-28-18(4,5)19(6,7)29-20/h10-11,14H,8-9,12H2,1-7H3. The maximum atomic E-state index is 14.7. The lowest BCUT2D eigenvalue weighted by molar-refractivity contribution is 0.00578. The minimum absolute atomic E-state index is 0.0305. The molecule has 0 aromatic carbocycles. The van der Waals surface area contributed by atoms with Crippen molar-refractivity contribution in [2.75, 3.05) is 13.1 Å². The lowest BCUT2D eigenvalue weighted by Crippen LogP contribution is -2.41. The zero-order valence-electron chi connectivity index (χ0n) is 18.2. The van der Waals surface area contributed by atoms with Gasteiger partial charge in [0.25, 0.3) is 0 Å². The van der Waals surface area contributed by atoms with Gasteiger partial charge in [0.15, 0.2) is 0 Å². The van der Waals surface area contributed by atoms with Crippen LogP contribution in [0, 0.1) is 0 Å². The number of halogens is 1. The highest BCUT2D eigenvalue weighted by atomic mass is 19.1. The van der Waals surface area contributed by atoms with Crippen LogP contribution in [0.3, 0.4) is 0 Å². The van der Waals surface area contributed by atoms with Crippen molar-refractivity contribution < 1.29 is 23.2 Å². The van der Waals surface area contributed by atoms with E-state index in [1.165, 1.54) is 6.08 Å². The van der Waals surface area contributed by atoms with Crippen molar-refractivity contribution in [1.29, 1.82) is 0 Å². The Morgan fingerprint density at radius 1 is 1.31 bits per heavy atom. The molecule has 2 aliphatic rings. The Balaban J connectivity index is 1.63. The molecule has 0 N–H and O–H groups in total. The smallest absolute Gasteiger partial charge is 0.444 e. The number of rotatable bonds is 3. The molecule has 1 amide bonds. The van der Waals surface area contributed by atoms with Crippen molar-refractivity contribution in [2.45, 2.75) is 77.7 Å². The van der Waals surface area contributed by atoms with Gasteiger partial charge in [-0.1, -0.05) is 5.21 Å². The fourth-order valence-electron chi connectivity index (χ4n) is 3.15. The first-order valence-corrected chi connectivity index (χ1v) is 9.90. The van der Waals surface area contributed by atoms with Gasteiger partial charge < -0.3 is 18.9 Å². The van der Waals surface area contributed by atoms with Crippen molar-refractivity contribution >= 4 is 19.3 Å². The predicted molar refractivity (Wildman–Crippen MR) is 107 cm³/mol. The van der Waals surface area contributed by atoms with E-state index in [1.807, 2.05) is 48.5 Å². The molecule has 2 saturated heterocycles. The molecule has 160 valence electrons. The van der Waals surface area contributed by atoms with Crippen LogP contribution < -0.4 is 0 Å². The lowest BCUT2D eigenvalue weighted by atomic mass is 9.87. The largest absolute Gasteiger partial charge is 0.525 e. The van der Waals surface area contributed by atoms with E-state index in [2.05, 4.69) is 10.3 Å². The molecule has 10 heteroatoms. The van der Waals surface area contributed by atoms with Crippen molar-refractivity contribution in [1.82, 2.24) is 19.9 Å². The second-order valence-corrected chi connectivity index (χ2v) is 9.61. The van der Waals surface area contributed by atoms with Crippen molar-refractivity contribution in [3.05, 3.63) is 17.6 Å². The molecule has 8 nitrogen and oxygen atoms in total. The maximum Gasteiger partial charge on any atom is 0.525 e. The Hall–Kier alpha value is -1.94. The fourth-order valence-corrected chi connectivity index (χ4v) is 3.15. The van der Waals surface area contributed by atoms with Crippen LogP contribution >= 0.6 is 0 Å². The third-order valence-electron chi connectivity index (χ3n) is 5.48. The van der Waals surface area contributed by atoms with Crippen LogP contribution in [0.2, 0.25) is 0 Å². The summed E-state index contributed by atoms with van der Waals surface area (Å²) in [5, 5.41) is 8.12. The van der Waals surface area contributed by atoms with Crippen molar-refractivity contribution in [3.8, 4) is 0 Å². The summed E-state index contributed by atoms with van der Waals surface area (Å²) in [6.07, 6.45) is 3.32. The van der Waals surface area contributed by atoms with E-state index in [9.17, 15) is 9.18 Å². The van der Waals surface area contributed by atoms with E-state index in [0.717, 1.165) is 6.42 Å². The monoisotopic (exact) mass is 408 g/mol. The number of amides is 1. The van der Waals surface area contributed by atoms with Crippen molar-refractivity contribution in [3.63, 3.8) is 0 Å². The van der Waals surface area contributed by atoms with Crippen LogP contribution in [0.4, 0.5) is 9.18 Å². The molecule has 2 fully saturated rings. The van der Waals surface area contributed by atoms with Gasteiger partial charge in [-0.15, -0.1) is 5.10 Å². The molecule has 0 saturated carbocycles. The first-order valence-electron chi connectivity index (χ1n) is 9.90. The number of hydrogen-bond donors (Lipinski definition) is 0. The van der Waals surface area contributed by atoms with E-state index in [-0.39, 0.29) is 12.1 Å². The Kier molecular flexibility index (Phi) is 5.55. The highest BCUT2D eigenvalue weighted by molar-refractivity contribution is 6.54. The maximum absolute atomic E-state index is 14.7. The van der Waals surface area contributed by atoms with Crippen molar-refractivity contribution in [2.24, 2.45) is 0 Å². The van der Waals surface area contributed by atoms with Gasteiger partial charge in [-0.3, -0.25) is 0 Å². The number of nitrogens with zero attached hydrogens (tertiary/aromatic N) is 4. The summed E-state index contributed by atoms with van der Waals surface area (Å²) in [7, 11) is -1.07. The molecule has 1 unspecified atom stereocenters. The number of ether oxygens (including phenoxy) is 1. The fraction of sp³-hybridized carbons (Fsp3) is 0.737. The molecule has 3 rings (SSSR count). The molecule has 0 aliphatic carbocycles. The summed E-state index contributed by atoms with van der Waals surface area (Å²) in [6, 6.07) is -0.0305. The van der Waals surface area contributed by atoms with Gasteiger partial charge in [-0.05, 0) is 61.0 Å². The van der Waals surface area contributed by atoms with Gasteiger partial charge in [-0.25, -0.2) is 13.9 Å². The van der Waals surface area contributed by atoms with Gasteiger partial charge in [-0.2, -0.15) is 0 Å². The normalized spacial score (nSPS) is 24.3. The highest BCUT2D eigenvalue weighted by Crippen LogP contribution is 2.39. The third-order valence-corrected chi connectivity index (χ3v) is 5.48.